The molecule has 1 saturated heterocycles. The second kappa shape index (κ2) is 7.33. The normalized spacial score (nSPS) is 21.2. The molecule has 2 aliphatic rings. The molecule has 2 aromatic rings. The standard InChI is InChI=1S/C22H22N2O5/c1-14(25)15-6-8-18(9-7-15)29-13-17(26)12-24-20(27)22(23-21(24)28)11-10-16-4-2-3-5-19(16)22/h2-9,17,26H,10-13H2,1H3,(H,23,28)/t17-,22-/m0/s1. The van der Waals surface area contributed by atoms with Gasteiger partial charge in [0.25, 0.3) is 5.91 Å². The molecule has 29 heavy (non-hydrogen) atoms. The summed E-state index contributed by atoms with van der Waals surface area (Å²) in [6, 6.07) is 13.7. The molecular weight excluding hydrogens is 372 g/mol. The van der Waals surface area contributed by atoms with Crippen LogP contribution in [0.15, 0.2) is 48.5 Å². The molecule has 7 heteroatoms. The molecule has 0 bridgehead atoms. The van der Waals surface area contributed by atoms with Crippen LogP contribution >= 0.6 is 0 Å². The summed E-state index contributed by atoms with van der Waals surface area (Å²) < 4.78 is 5.53. The van der Waals surface area contributed by atoms with Crippen molar-refractivity contribution in [2.75, 3.05) is 13.2 Å². The Kier molecular flexibility index (Phi) is 4.84. The van der Waals surface area contributed by atoms with Crippen molar-refractivity contribution in [3.8, 4) is 5.75 Å². The van der Waals surface area contributed by atoms with Crippen LogP contribution in [0.5, 0.6) is 5.75 Å². The predicted molar refractivity (Wildman–Crippen MR) is 105 cm³/mol. The average molecular weight is 394 g/mol. The van der Waals surface area contributed by atoms with Crippen molar-refractivity contribution >= 4 is 17.7 Å². The summed E-state index contributed by atoms with van der Waals surface area (Å²) in [5.41, 5.74) is 1.42. The van der Waals surface area contributed by atoms with Crippen LogP contribution in [0.4, 0.5) is 4.79 Å². The first-order valence-corrected chi connectivity index (χ1v) is 9.55. The van der Waals surface area contributed by atoms with Crippen LogP contribution in [0.25, 0.3) is 0 Å². The number of imide groups is 1. The Morgan fingerprint density at radius 1 is 1.21 bits per heavy atom. The molecular formula is C22H22N2O5. The number of ether oxygens (including phenoxy) is 1. The van der Waals surface area contributed by atoms with Gasteiger partial charge in [0.05, 0.1) is 6.54 Å². The smallest absolute Gasteiger partial charge is 0.325 e. The monoisotopic (exact) mass is 394 g/mol. The van der Waals surface area contributed by atoms with Crippen molar-refractivity contribution in [2.45, 2.75) is 31.4 Å². The largest absolute Gasteiger partial charge is 0.491 e. The van der Waals surface area contributed by atoms with Gasteiger partial charge in [-0.2, -0.15) is 0 Å². The lowest BCUT2D eigenvalue weighted by Gasteiger charge is -2.23. The highest BCUT2D eigenvalue weighted by Crippen LogP contribution is 2.41. The highest BCUT2D eigenvalue weighted by Gasteiger charge is 2.55. The SMILES string of the molecule is CC(=O)c1ccc(OC[C@@H](O)CN2C(=O)N[C@]3(CCc4ccccc43)C2=O)cc1. The van der Waals surface area contributed by atoms with Crippen LogP contribution in [0.3, 0.4) is 0 Å². The average Bonchev–Trinajstić information content (AvgIpc) is 3.20. The molecule has 2 N–H and O–H groups in total. The number of Topliss-reactive ketones (excluding diaryl/α,β-unsaturated/α-hetero) is 1. The Bertz CT molecular complexity index is 971. The molecule has 4 rings (SSSR count). The number of aliphatic hydroxyl groups is 1. The van der Waals surface area contributed by atoms with Crippen molar-refractivity contribution in [3.05, 3.63) is 65.2 Å². The number of carbonyl (C=O) groups excluding carboxylic acids is 3. The predicted octanol–water partition coefficient (Wildman–Crippen LogP) is 2.02. The molecule has 1 spiro atoms. The van der Waals surface area contributed by atoms with Gasteiger partial charge in [-0.1, -0.05) is 24.3 Å². The number of urea groups is 1. The fraction of sp³-hybridized carbons (Fsp3) is 0.318. The van der Waals surface area contributed by atoms with Gasteiger partial charge in [-0.15, -0.1) is 0 Å². The van der Waals surface area contributed by atoms with Crippen LogP contribution in [-0.2, 0) is 16.8 Å². The number of hydrogen-bond acceptors (Lipinski definition) is 5. The fourth-order valence-corrected chi connectivity index (χ4v) is 4.00. The summed E-state index contributed by atoms with van der Waals surface area (Å²) >= 11 is 0. The summed E-state index contributed by atoms with van der Waals surface area (Å²) in [4.78, 5) is 37.9. The molecule has 2 atom stereocenters. The van der Waals surface area contributed by atoms with Gasteiger partial charge in [0.1, 0.15) is 24.0 Å². The fourth-order valence-electron chi connectivity index (χ4n) is 4.00. The number of aliphatic hydroxyl groups excluding tert-OH is 1. The quantitative estimate of drug-likeness (QED) is 0.577. The lowest BCUT2D eigenvalue weighted by Crippen LogP contribution is -2.43. The molecule has 0 radical (unpaired) electrons. The van der Waals surface area contributed by atoms with Crippen molar-refractivity contribution < 1.29 is 24.2 Å². The van der Waals surface area contributed by atoms with Crippen molar-refractivity contribution in [2.24, 2.45) is 0 Å². The molecule has 3 amide bonds. The van der Waals surface area contributed by atoms with E-state index in [4.69, 9.17) is 4.74 Å². The summed E-state index contributed by atoms with van der Waals surface area (Å²) in [5, 5.41) is 13.2. The molecule has 1 aliphatic heterocycles. The minimum absolute atomic E-state index is 0.0439. The van der Waals surface area contributed by atoms with Gasteiger partial charge in [-0.05, 0) is 55.2 Å². The zero-order valence-electron chi connectivity index (χ0n) is 16.1. The number of β-amino-alcohol motifs (C(OH)–C–C–N with tert-alkyl or cyclic N) is 1. The maximum atomic E-state index is 13.1. The van der Waals surface area contributed by atoms with Crippen LogP contribution in [0, 0.1) is 0 Å². The van der Waals surface area contributed by atoms with Crippen molar-refractivity contribution in [3.63, 3.8) is 0 Å². The molecule has 1 aliphatic carbocycles. The van der Waals surface area contributed by atoms with E-state index in [0.717, 1.165) is 22.4 Å². The molecule has 7 nitrogen and oxygen atoms in total. The Hall–Kier alpha value is -3.19. The number of nitrogens with zero attached hydrogens (tertiary/aromatic N) is 1. The first-order valence-electron chi connectivity index (χ1n) is 9.55. The third-order valence-electron chi connectivity index (χ3n) is 5.52. The molecule has 1 fully saturated rings. The second-order valence-electron chi connectivity index (χ2n) is 7.45. The van der Waals surface area contributed by atoms with E-state index in [0.29, 0.717) is 17.7 Å². The third-order valence-corrected chi connectivity index (χ3v) is 5.52. The summed E-state index contributed by atoms with van der Waals surface area (Å²) in [6.07, 6.45) is 0.199. The number of amides is 3. The Balaban J connectivity index is 1.40. The van der Waals surface area contributed by atoms with Gasteiger partial charge >= 0.3 is 6.03 Å². The Labute approximate surface area is 168 Å². The molecule has 0 saturated carbocycles. The van der Waals surface area contributed by atoms with Crippen LogP contribution in [-0.4, -0.2) is 47.0 Å². The molecule has 1 heterocycles. The maximum absolute atomic E-state index is 13.1. The minimum atomic E-state index is -1.04. The zero-order valence-corrected chi connectivity index (χ0v) is 16.1. The Morgan fingerprint density at radius 2 is 1.93 bits per heavy atom. The van der Waals surface area contributed by atoms with E-state index in [2.05, 4.69) is 5.32 Å². The zero-order chi connectivity index (χ0) is 20.6. The topological polar surface area (TPSA) is 95.9 Å². The van der Waals surface area contributed by atoms with Gasteiger partial charge in [-0.25, -0.2) is 4.79 Å². The lowest BCUT2D eigenvalue weighted by atomic mass is 9.92. The van der Waals surface area contributed by atoms with Gasteiger partial charge in [0.15, 0.2) is 5.78 Å². The van der Waals surface area contributed by atoms with Gasteiger partial charge in [-0.3, -0.25) is 14.5 Å². The maximum Gasteiger partial charge on any atom is 0.325 e. The van der Waals surface area contributed by atoms with E-state index in [9.17, 15) is 19.5 Å². The summed E-state index contributed by atoms with van der Waals surface area (Å²) in [7, 11) is 0. The van der Waals surface area contributed by atoms with Crippen LogP contribution in [0.1, 0.15) is 34.8 Å². The van der Waals surface area contributed by atoms with E-state index in [1.54, 1.807) is 24.3 Å². The first-order chi connectivity index (χ1) is 13.9. The minimum Gasteiger partial charge on any atom is -0.491 e. The van der Waals surface area contributed by atoms with Crippen LogP contribution in [0.2, 0.25) is 0 Å². The number of hydrogen-bond donors (Lipinski definition) is 2. The highest BCUT2D eigenvalue weighted by atomic mass is 16.5. The number of fused-ring (bicyclic) bond motifs is 2. The van der Waals surface area contributed by atoms with Gasteiger partial charge < -0.3 is 15.2 Å². The van der Waals surface area contributed by atoms with Crippen LogP contribution < -0.4 is 10.1 Å². The number of aryl methyl sites for hydroxylation is 1. The molecule has 150 valence electrons. The lowest BCUT2D eigenvalue weighted by molar-refractivity contribution is -0.132. The second-order valence-corrected chi connectivity index (χ2v) is 7.45. The molecule has 2 aromatic carbocycles. The van der Waals surface area contributed by atoms with Gasteiger partial charge in [0.2, 0.25) is 0 Å². The summed E-state index contributed by atoms with van der Waals surface area (Å²) in [6.45, 7) is 1.24. The van der Waals surface area contributed by atoms with E-state index in [1.165, 1.54) is 6.92 Å². The number of ketones is 1. The van der Waals surface area contributed by atoms with E-state index in [-0.39, 0.29) is 24.8 Å². The number of nitrogens with one attached hydrogen (secondary N) is 1. The molecule has 0 aromatic heterocycles. The first kappa shape index (κ1) is 19.1. The van der Waals surface area contributed by atoms with Gasteiger partial charge in [0, 0.05) is 5.56 Å². The van der Waals surface area contributed by atoms with Crippen molar-refractivity contribution in [1.82, 2.24) is 10.2 Å². The number of benzene rings is 2. The Morgan fingerprint density at radius 3 is 2.66 bits per heavy atom. The number of rotatable bonds is 6. The van der Waals surface area contributed by atoms with Crippen molar-refractivity contribution in [1.29, 1.82) is 0 Å². The number of carbonyl (C=O) groups is 3. The third kappa shape index (κ3) is 3.38. The van der Waals surface area contributed by atoms with E-state index < -0.39 is 17.7 Å². The molecule has 0 unspecified atom stereocenters. The van der Waals surface area contributed by atoms with E-state index in [1.807, 2.05) is 24.3 Å². The van der Waals surface area contributed by atoms with E-state index >= 15 is 0 Å². The highest BCUT2D eigenvalue weighted by molar-refractivity contribution is 6.08. The summed E-state index contributed by atoms with van der Waals surface area (Å²) in [5.74, 6) is 0.113.